The molecule has 4 nitrogen and oxygen atoms in total. The lowest BCUT2D eigenvalue weighted by atomic mass is 10.3. The van der Waals surface area contributed by atoms with Gasteiger partial charge in [0.05, 0.1) is 0 Å². The summed E-state index contributed by atoms with van der Waals surface area (Å²) in [6, 6.07) is 0. The molecular weight excluding hydrogens is 228 g/mol. The Bertz CT molecular complexity index is 420. The molecule has 4 heteroatoms. The quantitative estimate of drug-likeness (QED) is 0.441. The van der Waals surface area contributed by atoms with Crippen LogP contribution < -0.4 is 10.6 Å². The van der Waals surface area contributed by atoms with E-state index in [-0.39, 0.29) is 11.8 Å². The van der Waals surface area contributed by atoms with Crippen LogP contribution in [0.15, 0.2) is 71.5 Å². The number of allylic oxidation sites excluding steroid dienone is 10. The van der Waals surface area contributed by atoms with E-state index in [0.717, 1.165) is 11.1 Å². The van der Waals surface area contributed by atoms with Gasteiger partial charge in [-0.25, -0.2) is 0 Å². The van der Waals surface area contributed by atoms with Crippen LogP contribution in [0, 0.1) is 0 Å². The van der Waals surface area contributed by atoms with E-state index in [0.29, 0.717) is 13.1 Å². The molecular formula is C14H16N2O2. The van der Waals surface area contributed by atoms with Gasteiger partial charge in [-0.15, -0.1) is 0 Å². The zero-order chi connectivity index (χ0) is 12.8. The molecule has 2 rings (SSSR count). The van der Waals surface area contributed by atoms with E-state index >= 15 is 0 Å². The molecule has 4 N–H and O–H groups in total. The Balaban J connectivity index is 1.74. The fraction of sp³-hybridized carbons (Fsp3) is 0.143. The van der Waals surface area contributed by atoms with E-state index in [9.17, 15) is 10.2 Å². The number of rotatable bonds is 5. The Morgan fingerprint density at radius 2 is 1.06 bits per heavy atom. The molecule has 0 heterocycles. The van der Waals surface area contributed by atoms with Crippen molar-refractivity contribution in [2.24, 2.45) is 0 Å². The first kappa shape index (κ1) is 12.1. The van der Waals surface area contributed by atoms with Gasteiger partial charge in [0.25, 0.3) is 0 Å². The predicted octanol–water partition coefficient (Wildman–Crippen LogP) is 1.96. The molecule has 94 valence electrons. The molecule has 0 unspecified atom stereocenters. The normalized spacial score (nSPS) is 15.6. The Labute approximate surface area is 106 Å². The van der Waals surface area contributed by atoms with Gasteiger partial charge in [-0.1, -0.05) is 24.3 Å². The number of hydrogen-bond acceptors (Lipinski definition) is 4. The van der Waals surface area contributed by atoms with Crippen molar-refractivity contribution in [2.45, 2.75) is 0 Å². The fourth-order valence-electron chi connectivity index (χ4n) is 1.63. The van der Waals surface area contributed by atoms with Gasteiger partial charge in [-0.3, -0.25) is 0 Å². The molecule has 0 aromatic carbocycles. The first-order valence-corrected chi connectivity index (χ1v) is 5.81. The lowest BCUT2D eigenvalue weighted by Crippen LogP contribution is -2.27. The van der Waals surface area contributed by atoms with E-state index in [1.807, 2.05) is 48.6 Å². The van der Waals surface area contributed by atoms with Gasteiger partial charge in [0, 0.05) is 24.2 Å². The van der Waals surface area contributed by atoms with Crippen molar-refractivity contribution in [3.05, 3.63) is 71.5 Å². The Kier molecular flexibility index (Phi) is 3.91. The predicted molar refractivity (Wildman–Crippen MR) is 71.9 cm³/mol. The molecule has 0 spiro atoms. The average Bonchev–Trinajstić information content (AvgIpc) is 3.05. The highest BCUT2D eigenvalue weighted by molar-refractivity contribution is 5.41. The van der Waals surface area contributed by atoms with E-state index in [1.54, 1.807) is 0 Å². The summed E-state index contributed by atoms with van der Waals surface area (Å²) in [5.74, 6) is 0.296. The van der Waals surface area contributed by atoms with Crippen LogP contribution in [0.3, 0.4) is 0 Å². The minimum absolute atomic E-state index is 0.148. The zero-order valence-corrected chi connectivity index (χ0v) is 9.93. The summed E-state index contributed by atoms with van der Waals surface area (Å²) >= 11 is 0. The third kappa shape index (κ3) is 3.07. The lowest BCUT2D eigenvalue weighted by Gasteiger charge is -2.09. The molecule has 0 fully saturated rings. The SMILES string of the molecule is OC(NCCNC(O)=C1C=CC=C1)=C1C=CC=C1. The van der Waals surface area contributed by atoms with Crippen LogP contribution in [0.5, 0.6) is 0 Å². The van der Waals surface area contributed by atoms with E-state index in [2.05, 4.69) is 10.6 Å². The van der Waals surface area contributed by atoms with Crippen molar-refractivity contribution in [2.75, 3.05) is 13.1 Å². The van der Waals surface area contributed by atoms with E-state index in [4.69, 9.17) is 0 Å². The second-order valence-corrected chi connectivity index (χ2v) is 3.90. The van der Waals surface area contributed by atoms with Crippen LogP contribution in [0.4, 0.5) is 0 Å². The third-order valence-electron chi connectivity index (χ3n) is 2.58. The maximum absolute atomic E-state index is 9.67. The lowest BCUT2D eigenvalue weighted by molar-refractivity contribution is 0.343. The van der Waals surface area contributed by atoms with Crippen molar-refractivity contribution < 1.29 is 10.2 Å². The van der Waals surface area contributed by atoms with Gasteiger partial charge in [0.1, 0.15) is 0 Å². The Morgan fingerprint density at radius 1 is 0.722 bits per heavy atom. The van der Waals surface area contributed by atoms with Crippen molar-refractivity contribution in [1.29, 1.82) is 0 Å². The topological polar surface area (TPSA) is 64.5 Å². The Morgan fingerprint density at radius 3 is 1.39 bits per heavy atom. The van der Waals surface area contributed by atoms with E-state index < -0.39 is 0 Å². The minimum atomic E-state index is 0.148. The molecule has 18 heavy (non-hydrogen) atoms. The number of nitrogens with one attached hydrogen (secondary N) is 2. The van der Waals surface area contributed by atoms with Crippen LogP contribution in [0.1, 0.15) is 0 Å². The summed E-state index contributed by atoms with van der Waals surface area (Å²) in [7, 11) is 0. The van der Waals surface area contributed by atoms with Gasteiger partial charge < -0.3 is 20.8 Å². The maximum atomic E-state index is 9.67. The van der Waals surface area contributed by atoms with Crippen LogP contribution in [-0.2, 0) is 0 Å². The van der Waals surface area contributed by atoms with Gasteiger partial charge >= 0.3 is 0 Å². The van der Waals surface area contributed by atoms with Crippen molar-refractivity contribution in [3.8, 4) is 0 Å². The molecule has 0 aliphatic heterocycles. The van der Waals surface area contributed by atoms with Crippen LogP contribution in [0.25, 0.3) is 0 Å². The summed E-state index contributed by atoms with van der Waals surface area (Å²) < 4.78 is 0. The van der Waals surface area contributed by atoms with Gasteiger partial charge in [-0.2, -0.15) is 0 Å². The first-order valence-electron chi connectivity index (χ1n) is 5.81. The average molecular weight is 244 g/mol. The van der Waals surface area contributed by atoms with Crippen molar-refractivity contribution in [3.63, 3.8) is 0 Å². The van der Waals surface area contributed by atoms with Gasteiger partial charge in [0.15, 0.2) is 11.8 Å². The van der Waals surface area contributed by atoms with Crippen molar-refractivity contribution in [1.82, 2.24) is 10.6 Å². The van der Waals surface area contributed by atoms with Crippen LogP contribution in [-0.4, -0.2) is 23.3 Å². The number of aliphatic hydroxyl groups excluding tert-OH is 2. The van der Waals surface area contributed by atoms with Gasteiger partial charge in [-0.05, 0) is 24.3 Å². The smallest absolute Gasteiger partial charge is 0.191 e. The van der Waals surface area contributed by atoms with E-state index in [1.165, 1.54) is 0 Å². The minimum Gasteiger partial charge on any atom is -0.494 e. The number of hydrogen-bond donors (Lipinski definition) is 4. The molecule has 0 amide bonds. The van der Waals surface area contributed by atoms with Crippen LogP contribution in [0.2, 0.25) is 0 Å². The largest absolute Gasteiger partial charge is 0.494 e. The standard InChI is InChI=1S/C14H16N2O2/c17-13(11-5-1-2-6-11)15-9-10-16-14(18)12-7-3-4-8-12/h1-8,15-18H,9-10H2. The second kappa shape index (κ2) is 5.82. The molecule has 2 aliphatic rings. The van der Waals surface area contributed by atoms with Gasteiger partial charge in [0.2, 0.25) is 0 Å². The summed E-state index contributed by atoms with van der Waals surface area (Å²) in [4.78, 5) is 0. The fourth-order valence-corrected chi connectivity index (χ4v) is 1.63. The Hall–Kier alpha value is -2.36. The summed E-state index contributed by atoms with van der Waals surface area (Å²) in [6.07, 6.45) is 14.7. The molecule has 0 bridgehead atoms. The molecule has 0 aromatic heterocycles. The molecule has 0 radical (unpaired) electrons. The molecule has 0 saturated carbocycles. The number of aliphatic hydroxyl groups is 2. The molecule has 0 saturated heterocycles. The summed E-state index contributed by atoms with van der Waals surface area (Å²) in [5, 5.41) is 25.1. The molecule has 0 aromatic rings. The highest BCUT2D eigenvalue weighted by Gasteiger charge is 2.03. The van der Waals surface area contributed by atoms with Crippen LogP contribution >= 0.6 is 0 Å². The first-order chi connectivity index (χ1) is 8.77. The summed E-state index contributed by atoms with van der Waals surface area (Å²) in [6.45, 7) is 1.03. The highest BCUT2D eigenvalue weighted by Crippen LogP contribution is 2.10. The maximum Gasteiger partial charge on any atom is 0.191 e. The second-order valence-electron chi connectivity index (χ2n) is 3.90. The molecule has 0 atom stereocenters. The third-order valence-corrected chi connectivity index (χ3v) is 2.58. The highest BCUT2D eigenvalue weighted by atomic mass is 16.3. The summed E-state index contributed by atoms with van der Waals surface area (Å²) in [5.41, 5.74) is 1.53. The molecule has 2 aliphatic carbocycles. The van der Waals surface area contributed by atoms with Crippen molar-refractivity contribution >= 4 is 0 Å². The monoisotopic (exact) mass is 244 g/mol. The zero-order valence-electron chi connectivity index (χ0n) is 9.93.